The summed E-state index contributed by atoms with van der Waals surface area (Å²) in [4.78, 5) is 4.49. The van der Waals surface area contributed by atoms with E-state index in [0.717, 1.165) is 44.1 Å². The number of halogens is 1. The molecule has 0 radical (unpaired) electrons. The molecule has 12 heteroatoms. The molecule has 0 bridgehead atoms. The van der Waals surface area contributed by atoms with E-state index in [4.69, 9.17) is 27.9 Å². The molecule has 0 spiro atoms. The van der Waals surface area contributed by atoms with Gasteiger partial charge in [-0.2, -0.15) is 0 Å². The fourth-order valence-corrected chi connectivity index (χ4v) is 7.82. The highest BCUT2D eigenvalue weighted by Gasteiger charge is 2.63. The Morgan fingerprint density at radius 1 is 0.303 bits per heavy atom. The third kappa shape index (κ3) is 10.9. The lowest BCUT2D eigenvalue weighted by Gasteiger charge is -2.32. The molecular formula is C54H64B3BrN2O6. The molecule has 0 unspecified atom stereocenters. The molecule has 6 aromatic carbocycles. The minimum absolute atomic E-state index is 0.337. The van der Waals surface area contributed by atoms with Crippen LogP contribution in [-0.4, -0.2) is 54.7 Å². The Labute approximate surface area is 403 Å². The lowest BCUT2D eigenvalue weighted by molar-refractivity contribution is 0.00578. The summed E-state index contributed by atoms with van der Waals surface area (Å²) >= 11 is 3.49. The Morgan fingerprint density at radius 3 is 0.803 bits per heavy atom. The molecule has 9 rings (SSSR count). The second kappa shape index (κ2) is 19.5. The van der Waals surface area contributed by atoms with Crippen molar-refractivity contribution in [2.45, 2.75) is 117 Å². The monoisotopic (exact) mass is 948 g/mol. The molecule has 3 heterocycles. The van der Waals surface area contributed by atoms with Crippen LogP contribution in [0, 0.1) is 0 Å². The second-order valence-electron chi connectivity index (χ2n) is 19.9. The van der Waals surface area contributed by atoms with Crippen molar-refractivity contribution in [2.24, 2.45) is 0 Å². The Morgan fingerprint density at radius 2 is 0.530 bits per heavy atom. The third-order valence-corrected chi connectivity index (χ3v) is 14.1. The minimum Gasteiger partial charge on any atom is -0.405 e. The van der Waals surface area contributed by atoms with Gasteiger partial charge < -0.3 is 37.7 Å². The van der Waals surface area contributed by atoms with Crippen molar-refractivity contribution in [2.75, 3.05) is 9.80 Å². The molecule has 3 saturated heterocycles. The van der Waals surface area contributed by atoms with Gasteiger partial charge in [-0.1, -0.05) is 101 Å². The number of anilines is 6. The molecule has 8 nitrogen and oxygen atoms in total. The van der Waals surface area contributed by atoms with Crippen LogP contribution in [0.4, 0.5) is 34.1 Å². The highest BCUT2D eigenvalue weighted by Crippen LogP contribution is 2.43. The summed E-state index contributed by atoms with van der Waals surface area (Å²) in [7, 11) is -1.30. The van der Waals surface area contributed by atoms with Gasteiger partial charge in [-0.05, 0) is 173 Å². The van der Waals surface area contributed by atoms with E-state index in [9.17, 15) is 0 Å². The topological polar surface area (TPSA) is 61.9 Å². The molecule has 0 saturated carbocycles. The molecule has 0 atom stereocenters. The van der Waals surface area contributed by atoms with Gasteiger partial charge in [-0.25, -0.2) is 0 Å². The van der Waals surface area contributed by atoms with Crippen LogP contribution >= 0.6 is 15.9 Å². The number of benzene rings is 6. The van der Waals surface area contributed by atoms with Crippen molar-refractivity contribution in [1.29, 1.82) is 0 Å². The van der Waals surface area contributed by atoms with Gasteiger partial charge in [0.25, 0.3) is 0 Å². The van der Waals surface area contributed by atoms with Crippen molar-refractivity contribution in [3.8, 4) is 0 Å². The molecule has 0 amide bonds. The van der Waals surface area contributed by atoms with Gasteiger partial charge in [0, 0.05) is 38.6 Å². The van der Waals surface area contributed by atoms with Gasteiger partial charge in [0.05, 0.1) is 33.6 Å². The first-order chi connectivity index (χ1) is 31.1. The SMILES string of the molecule is Brc1ccc(N(c2ccccc2)c2ccccc2)cc1.CC1(C)OB(B2OC(C)(C)C(C)(C)O2)OC1(C)C.CC1(C)OB(c2ccc(N(c3ccccc3)c3ccccc3)cc2)OC1(C)C. The first-order valence-corrected chi connectivity index (χ1v) is 23.6. The number of nitrogens with zero attached hydrogens (tertiary/aromatic N) is 2. The Hall–Kier alpha value is -4.65. The van der Waals surface area contributed by atoms with Crippen LogP contribution in [-0.2, 0) is 27.9 Å². The van der Waals surface area contributed by atoms with Crippen molar-refractivity contribution in [3.63, 3.8) is 0 Å². The van der Waals surface area contributed by atoms with E-state index < -0.39 is 14.0 Å². The normalized spacial score (nSPS) is 19.3. The first-order valence-electron chi connectivity index (χ1n) is 22.8. The third-order valence-electron chi connectivity index (χ3n) is 13.6. The molecule has 6 aromatic rings. The number of hydrogen-bond donors (Lipinski definition) is 0. The molecule has 3 aliphatic heterocycles. The van der Waals surface area contributed by atoms with E-state index in [0.29, 0.717) is 0 Å². The molecule has 3 aliphatic rings. The number of rotatable bonds is 8. The van der Waals surface area contributed by atoms with Crippen molar-refractivity contribution >= 4 is 76.7 Å². The van der Waals surface area contributed by atoms with Crippen molar-refractivity contribution in [3.05, 3.63) is 174 Å². The lowest BCUT2D eigenvalue weighted by atomic mass is 9.49. The van der Waals surface area contributed by atoms with Gasteiger partial charge in [0.15, 0.2) is 0 Å². The Bertz CT molecular complexity index is 2320. The summed E-state index contributed by atoms with van der Waals surface area (Å²) in [6, 6.07) is 58.4. The maximum absolute atomic E-state index is 6.18. The van der Waals surface area contributed by atoms with Crippen LogP contribution in [0.1, 0.15) is 83.1 Å². The minimum atomic E-state index is -0.476. The van der Waals surface area contributed by atoms with Crippen molar-refractivity contribution in [1.82, 2.24) is 0 Å². The van der Waals surface area contributed by atoms with Gasteiger partial charge in [0.2, 0.25) is 0 Å². The van der Waals surface area contributed by atoms with Crippen LogP contribution < -0.4 is 15.3 Å². The molecule has 66 heavy (non-hydrogen) atoms. The highest BCUT2D eigenvalue weighted by atomic mass is 79.9. The molecule has 342 valence electrons. The van der Waals surface area contributed by atoms with Crippen LogP contribution in [0.3, 0.4) is 0 Å². The van der Waals surface area contributed by atoms with E-state index in [1.54, 1.807) is 0 Å². The summed E-state index contributed by atoms with van der Waals surface area (Å²) in [6.45, 7) is 24.5. The van der Waals surface area contributed by atoms with E-state index in [1.165, 1.54) is 0 Å². The van der Waals surface area contributed by atoms with E-state index >= 15 is 0 Å². The largest absolute Gasteiger partial charge is 0.494 e. The van der Waals surface area contributed by atoms with Gasteiger partial charge in [-0.15, -0.1) is 0 Å². The molecule has 0 N–H and O–H groups in total. The molecule has 3 fully saturated rings. The first kappa shape index (κ1) is 49.3. The van der Waals surface area contributed by atoms with E-state index in [1.807, 2.05) is 79.7 Å². The smallest absolute Gasteiger partial charge is 0.405 e. The molecular weight excluding hydrogens is 885 g/mol. The van der Waals surface area contributed by atoms with Gasteiger partial charge in [0.1, 0.15) is 0 Å². The fourth-order valence-electron chi connectivity index (χ4n) is 7.55. The maximum atomic E-state index is 6.18. The number of hydrogen-bond acceptors (Lipinski definition) is 8. The second-order valence-corrected chi connectivity index (χ2v) is 20.8. The van der Waals surface area contributed by atoms with Crippen LogP contribution in [0.25, 0.3) is 0 Å². The van der Waals surface area contributed by atoms with E-state index in [2.05, 4.69) is 199 Å². The van der Waals surface area contributed by atoms with E-state index in [-0.39, 0.29) is 40.7 Å². The quantitative estimate of drug-likeness (QED) is 0.140. The maximum Gasteiger partial charge on any atom is 0.494 e. The van der Waals surface area contributed by atoms with Crippen LogP contribution in [0.2, 0.25) is 0 Å². The zero-order valence-corrected chi connectivity index (χ0v) is 42.2. The Kier molecular flexibility index (Phi) is 14.6. The van der Waals surface area contributed by atoms with Gasteiger partial charge >= 0.3 is 21.1 Å². The average Bonchev–Trinajstić information content (AvgIpc) is 3.76. The lowest BCUT2D eigenvalue weighted by Crippen LogP contribution is -2.41. The molecule has 0 aromatic heterocycles. The highest BCUT2D eigenvalue weighted by molar-refractivity contribution is 9.10. The number of para-hydroxylation sites is 4. The van der Waals surface area contributed by atoms with Crippen molar-refractivity contribution < 1.29 is 27.9 Å². The van der Waals surface area contributed by atoms with Gasteiger partial charge in [-0.3, -0.25) is 0 Å². The standard InChI is InChI=1S/C24H26BNO2.C18H14BrN.C12H24B2O4/c1-23(2)24(3,4)28-25(27-23)19-15-17-22(18-16-19)26(20-11-7-5-8-12-20)21-13-9-6-10-14-21;19-15-11-13-18(14-12-15)20(16-7-3-1-4-8-16)17-9-5-2-6-10-17;1-9(2)10(3,4)16-13(15-9)14-17-11(5,6)12(7,8)18-14/h5-18H,1-4H3;1-14H;1-8H3. The summed E-state index contributed by atoms with van der Waals surface area (Å²) in [6.07, 6.45) is 0. The molecule has 0 aliphatic carbocycles. The summed E-state index contributed by atoms with van der Waals surface area (Å²) in [5.74, 6) is 0. The predicted octanol–water partition coefficient (Wildman–Crippen LogP) is 13.6. The van der Waals surface area contributed by atoms with Crippen LogP contribution in [0.15, 0.2) is 174 Å². The summed E-state index contributed by atoms with van der Waals surface area (Å²) in [5.41, 5.74) is 5.71. The van der Waals surface area contributed by atoms with Crippen LogP contribution in [0.5, 0.6) is 0 Å². The summed E-state index contributed by atoms with van der Waals surface area (Å²) in [5, 5.41) is 0. The predicted molar refractivity (Wildman–Crippen MR) is 278 cm³/mol. The Balaban J connectivity index is 0.000000152. The fraction of sp³-hybridized carbons (Fsp3) is 0.333. The average molecular weight is 949 g/mol. The zero-order valence-electron chi connectivity index (χ0n) is 40.6. The summed E-state index contributed by atoms with van der Waals surface area (Å²) < 4.78 is 37.3. The zero-order chi connectivity index (χ0) is 47.5.